The van der Waals surface area contributed by atoms with Gasteiger partial charge < -0.3 is 5.32 Å². The van der Waals surface area contributed by atoms with E-state index in [1.807, 2.05) is 10.6 Å². The highest BCUT2D eigenvalue weighted by Crippen LogP contribution is 2.26. The Labute approximate surface area is 87.5 Å². The molecule has 1 aliphatic rings. The second kappa shape index (κ2) is 3.49. The molecule has 0 amide bonds. The lowest BCUT2D eigenvalue weighted by Gasteiger charge is -2.25. The Balaban J connectivity index is 1.80. The molecule has 5 heteroatoms. The number of nitrogens with zero attached hydrogens (tertiary/aromatic N) is 4. The molecule has 0 aromatic carbocycles. The van der Waals surface area contributed by atoms with Crippen LogP contribution >= 0.6 is 0 Å². The maximum Gasteiger partial charge on any atom is 0.203 e. The fraction of sp³-hybridized carbons (Fsp3) is 0.500. The van der Waals surface area contributed by atoms with Crippen LogP contribution in [-0.2, 0) is 0 Å². The summed E-state index contributed by atoms with van der Waals surface area (Å²) in [5, 5.41) is 11.2. The first-order valence-corrected chi connectivity index (χ1v) is 5.32. The van der Waals surface area contributed by atoms with Gasteiger partial charge in [0.2, 0.25) is 5.65 Å². The molecule has 0 atom stereocenters. The largest absolute Gasteiger partial charge is 0.367 e. The molecule has 1 fully saturated rings. The Morgan fingerprint density at radius 3 is 3.20 bits per heavy atom. The SMILES string of the molecule is c1cn2cnnc2c(NCC2CCC2)n1. The molecule has 0 spiro atoms. The summed E-state index contributed by atoms with van der Waals surface area (Å²) in [4.78, 5) is 4.28. The molecule has 2 aromatic heterocycles. The number of anilines is 1. The van der Waals surface area contributed by atoms with Crippen molar-refractivity contribution in [3.8, 4) is 0 Å². The first kappa shape index (κ1) is 8.64. The molecule has 1 N–H and O–H groups in total. The van der Waals surface area contributed by atoms with Gasteiger partial charge in [0.05, 0.1) is 0 Å². The summed E-state index contributed by atoms with van der Waals surface area (Å²) in [6.07, 6.45) is 9.34. The van der Waals surface area contributed by atoms with Crippen LogP contribution in [0.3, 0.4) is 0 Å². The van der Waals surface area contributed by atoms with Gasteiger partial charge in [-0.1, -0.05) is 6.42 Å². The van der Waals surface area contributed by atoms with Crippen molar-refractivity contribution >= 4 is 11.5 Å². The van der Waals surface area contributed by atoms with E-state index in [1.54, 1.807) is 12.5 Å². The highest BCUT2D eigenvalue weighted by molar-refractivity contribution is 5.61. The van der Waals surface area contributed by atoms with Crippen molar-refractivity contribution in [3.05, 3.63) is 18.7 Å². The minimum atomic E-state index is 0.803. The fourth-order valence-electron chi connectivity index (χ4n) is 1.82. The molecule has 0 saturated heterocycles. The molecule has 0 unspecified atom stereocenters. The van der Waals surface area contributed by atoms with Gasteiger partial charge in [0.1, 0.15) is 6.33 Å². The van der Waals surface area contributed by atoms with Gasteiger partial charge in [-0.2, -0.15) is 0 Å². The molecule has 0 bridgehead atoms. The Morgan fingerprint density at radius 2 is 2.40 bits per heavy atom. The summed E-state index contributed by atoms with van der Waals surface area (Å²) in [5.41, 5.74) is 0.803. The van der Waals surface area contributed by atoms with Gasteiger partial charge in [0.25, 0.3) is 0 Å². The highest BCUT2D eigenvalue weighted by Gasteiger charge is 2.17. The Kier molecular flexibility index (Phi) is 2.01. The van der Waals surface area contributed by atoms with Gasteiger partial charge in [-0.3, -0.25) is 4.40 Å². The molecular formula is C10H13N5. The van der Waals surface area contributed by atoms with E-state index in [9.17, 15) is 0 Å². The monoisotopic (exact) mass is 203 g/mol. The predicted octanol–water partition coefficient (Wildman–Crippen LogP) is 1.34. The average molecular weight is 203 g/mol. The van der Waals surface area contributed by atoms with E-state index in [2.05, 4.69) is 20.5 Å². The lowest BCUT2D eigenvalue weighted by molar-refractivity contribution is 0.333. The first-order valence-electron chi connectivity index (χ1n) is 5.32. The molecule has 15 heavy (non-hydrogen) atoms. The number of fused-ring (bicyclic) bond motifs is 1. The van der Waals surface area contributed by atoms with E-state index in [-0.39, 0.29) is 0 Å². The third-order valence-corrected chi connectivity index (χ3v) is 3.00. The second-order valence-electron chi connectivity index (χ2n) is 4.02. The van der Waals surface area contributed by atoms with E-state index >= 15 is 0 Å². The molecule has 3 rings (SSSR count). The van der Waals surface area contributed by atoms with E-state index in [0.717, 1.165) is 23.9 Å². The van der Waals surface area contributed by atoms with Crippen molar-refractivity contribution in [3.63, 3.8) is 0 Å². The van der Waals surface area contributed by atoms with Crippen LogP contribution in [0.15, 0.2) is 18.7 Å². The summed E-state index contributed by atoms with van der Waals surface area (Å²) >= 11 is 0. The first-order chi connectivity index (χ1) is 7.43. The van der Waals surface area contributed by atoms with Crippen LogP contribution in [0, 0.1) is 5.92 Å². The summed E-state index contributed by atoms with van der Waals surface area (Å²) in [6, 6.07) is 0. The third kappa shape index (κ3) is 1.54. The Hall–Kier alpha value is -1.65. The Bertz CT molecular complexity index is 460. The van der Waals surface area contributed by atoms with Crippen LogP contribution in [-0.4, -0.2) is 26.1 Å². The maximum atomic E-state index is 4.28. The number of aromatic nitrogens is 4. The van der Waals surface area contributed by atoms with E-state index in [4.69, 9.17) is 0 Å². The zero-order chi connectivity index (χ0) is 10.1. The van der Waals surface area contributed by atoms with Gasteiger partial charge in [-0.05, 0) is 18.8 Å². The van der Waals surface area contributed by atoms with Crippen LogP contribution in [0.1, 0.15) is 19.3 Å². The molecule has 78 valence electrons. The number of rotatable bonds is 3. The summed E-state index contributed by atoms with van der Waals surface area (Å²) in [5.74, 6) is 1.65. The van der Waals surface area contributed by atoms with Gasteiger partial charge >= 0.3 is 0 Å². The predicted molar refractivity (Wildman–Crippen MR) is 56.6 cm³/mol. The molecule has 1 saturated carbocycles. The van der Waals surface area contributed by atoms with Crippen LogP contribution in [0.25, 0.3) is 5.65 Å². The van der Waals surface area contributed by atoms with E-state index in [1.165, 1.54) is 19.3 Å². The molecule has 5 nitrogen and oxygen atoms in total. The van der Waals surface area contributed by atoms with Crippen molar-refractivity contribution in [2.24, 2.45) is 5.92 Å². The lowest BCUT2D eigenvalue weighted by Crippen LogP contribution is -2.21. The normalized spacial score (nSPS) is 16.5. The van der Waals surface area contributed by atoms with Crippen molar-refractivity contribution in [2.75, 3.05) is 11.9 Å². The molecule has 2 aromatic rings. The van der Waals surface area contributed by atoms with Crippen molar-refractivity contribution in [1.82, 2.24) is 19.6 Å². The van der Waals surface area contributed by atoms with E-state index < -0.39 is 0 Å². The fourth-order valence-corrected chi connectivity index (χ4v) is 1.82. The zero-order valence-corrected chi connectivity index (χ0v) is 8.43. The molecule has 2 heterocycles. The number of hydrogen-bond donors (Lipinski definition) is 1. The van der Waals surface area contributed by atoms with Gasteiger partial charge in [-0.15, -0.1) is 10.2 Å². The number of hydrogen-bond acceptors (Lipinski definition) is 4. The smallest absolute Gasteiger partial charge is 0.203 e. The Morgan fingerprint density at radius 1 is 1.47 bits per heavy atom. The van der Waals surface area contributed by atoms with E-state index in [0.29, 0.717) is 0 Å². The van der Waals surface area contributed by atoms with Crippen LogP contribution in [0.4, 0.5) is 5.82 Å². The second-order valence-corrected chi connectivity index (χ2v) is 4.02. The van der Waals surface area contributed by atoms with Gasteiger partial charge in [0, 0.05) is 18.9 Å². The quantitative estimate of drug-likeness (QED) is 0.817. The zero-order valence-electron chi connectivity index (χ0n) is 8.43. The molecular weight excluding hydrogens is 190 g/mol. The maximum absolute atomic E-state index is 4.28. The van der Waals surface area contributed by atoms with Crippen LogP contribution in [0.5, 0.6) is 0 Å². The van der Waals surface area contributed by atoms with Crippen molar-refractivity contribution < 1.29 is 0 Å². The van der Waals surface area contributed by atoms with Gasteiger partial charge in [0.15, 0.2) is 5.82 Å². The summed E-state index contributed by atoms with van der Waals surface area (Å²) < 4.78 is 1.87. The minimum absolute atomic E-state index is 0.803. The summed E-state index contributed by atoms with van der Waals surface area (Å²) in [7, 11) is 0. The topological polar surface area (TPSA) is 55.1 Å². The molecule has 0 radical (unpaired) electrons. The lowest BCUT2D eigenvalue weighted by atomic mass is 9.85. The average Bonchev–Trinajstić information content (AvgIpc) is 2.63. The molecule has 1 aliphatic carbocycles. The van der Waals surface area contributed by atoms with Crippen LogP contribution < -0.4 is 5.32 Å². The standard InChI is InChI=1S/C10H13N5/c1-2-8(3-1)6-12-9-10-14-13-7-15(10)5-4-11-9/h4-5,7-8H,1-3,6H2,(H,11,12). The van der Waals surface area contributed by atoms with Crippen LogP contribution in [0.2, 0.25) is 0 Å². The van der Waals surface area contributed by atoms with Gasteiger partial charge in [-0.25, -0.2) is 4.98 Å². The highest BCUT2D eigenvalue weighted by atomic mass is 15.2. The molecule has 0 aliphatic heterocycles. The number of nitrogens with one attached hydrogen (secondary N) is 1. The minimum Gasteiger partial charge on any atom is -0.367 e. The third-order valence-electron chi connectivity index (χ3n) is 3.00. The summed E-state index contributed by atoms with van der Waals surface area (Å²) in [6.45, 7) is 1.000. The van der Waals surface area contributed by atoms with Crippen molar-refractivity contribution in [2.45, 2.75) is 19.3 Å². The van der Waals surface area contributed by atoms with Crippen molar-refractivity contribution in [1.29, 1.82) is 0 Å².